The van der Waals surface area contributed by atoms with Crippen LogP contribution in [0.2, 0.25) is 0 Å². The first-order valence-corrected chi connectivity index (χ1v) is 5.94. The van der Waals surface area contributed by atoms with Crippen molar-refractivity contribution in [1.29, 1.82) is 0 Å². The second-order valence-corrected chi connectivity index (χ2v) is 4.58. The maximum atomic E-state index is 9.16. The van der Waals surface area contributed by atoms with E-state index in [0.29, 0.717) is 19.1 Å². The zero-order valence-corrected chi connectivity index (χ0v) is 11.1. The fourth-order valence-electron chi connectivity index (χ4n) is 1.81. The van der Waals surface area contributed by atoms with Crippen LogP contribution in [0, 0.1) is 0 Å². The standard InChI is InChI=1S/C12H23N3O2/c1-9(2)12-10(6-15(3)14-12)5-13-11(7-16)8-17-4/h6,9,11,13,16H,5,7-8H2,1-4H3. The number of aromatic nitrogens is 2. The largest absolute Gasteiger partial charge is 0.395 e. The van der Waals surface area contributed by atoms with E-state index in [2.05, 4.69) is 24.3 Å². The number of aliphatic hydroxyl groups is 1. The molecule has 1 unspecified atom stereocenters. The fraction of sp³-hybridized carbons (Fsp3) is 0.750. The number of nitrogens with zero attached hydrogens (tertiary/aromatic N) is 2. The van der Waals surface area contributed by atoms with E-state index in [9.17, 15) is 0 Å². The Morgan fingerprint density at radius 3 is 2.76 bits per heavy atom. The van der Waals surface area contributed by atoms with Crippen LogP contribution < -0.4 is 5.32 Å². The van der Waals surface area contributed by atoms with Gasteiger partial charge < -0.3 is 15.2 Å². The molecule has 98 valence electrons. The minimum absolute atomic E-state index is 0.0276. The molecule has 0 radical (unpaired) electrons. The Bertz CT molecular complexity index is 336. The molecular weight excluding hydrogens is 218 g/mol. The van der Waals surface area contributed by atoms with Crippen LogP contribution in [0.1, 0.15) is 31.0 Å². The molecule has 1 rings (SSSR count). The van der Waals surface area contributed by atoms with Gasteiger partial charge in [0.25, 0.3) is 0 Å². The molecule has 1 atom stereocenters. The predicted octanol–water partition coefficient (Wildman–Crippen LogP) is 0.640. The SMILES string of the molecule is COCC(CO)NCc1cn(C)nc1C(C)C. The Morgan fingerprint density at radius 2 is 2.24 bits per heavy atom. The number of methoxy groups -OCH3 is 1. The quantitative estimate of drug-likeness (QED) is 0.735. The third-order valence-electron chi connectivity index (χ3n) is 2.65. The summed E-state index contributed by atoms with van der Waals surface area (Å²) >= 11 is 0. The minimum Gasteiger partial charge on any atom is -0.395 e. The highest BCUT2D eigenvalue weighted by molar-refractivity contribution is 5.20. The van der Waals surface area contributed by atoms with Crippen LogP contribution in [0.4, 0.5) is 0 Å². The molecule has 2 N–H and O–H groups in total. The zero-order valence-electron chi connectivity index (χ0n) is 11.1. The summed E-state index contributed by atoms with van der Waals surface area (Å²) in [4.78, 5) is 0. The number of ether oxygens (including phenoxy) is 1. The van der Waals surface area contributed by atoms with Gasteiger partial charge in [0.2, 0.25) is 0 Å². The van der Waals surface area contributed by atoms with E-state index >= 15 is 0 Å². The lowest BCUT2D eigenvalue weighted by Gasteiger charge is -2.15. The Labute approximate surface area is 103 Å². The van der Waals surface area contributed by atoms with Gasteiger partial charge in [-0.15, -0.1) is 0 Å². The minimum atomic E-state index is -0.0276. The van der Waals surface area contributed by atoms with Crippen LogP contribution in [0.15, 0.2) is 6.20 Å². The summed E-state index contributed by atoms with van der Waals surface area (Å²) in [6.07, 6.45) is 2.02. The normalized spacial score (nSPS) is 13.3. The molecule has 0 fully saturated rings. The van der Waals surface area contributed by atoms with Gasteiger partial charge in [-0.05, 0) is 5.92 Å². The van der Waals surface area contributed by atoms with E-state index < -0.39 is 0 Å². The Balaban J connectivity index is 2.61. The van der Waals surface area contributed by atoms with Crippen molar-refractivity contribution in [3.05, 3.63) is 17.5 Å². The van der Waals surface area contributed by atoms with Gasteiger partial charge in [-0.3, -0.25) is 4.68 Å². The number of aryl methyl sites for hydroxylation is 1. The monoisotopic (exact) mass is 241 g/mol. The Morgan fingerprint density at radius 1 is 1.53 bits per heavy atom. The highest BCUT2D eigenvalue weighted by atomic mass is 16.5. The molecule has 0 aliphatic carbocycles. The lowest BCUT2D eigenvalue weighted by Crippen LogP contribution is -2.36. The average molecular weight is 241 g/mol. The second kappa shape index (κ2) is 6.74. The summed E-state index contributed by atoms with van der Waals surface area (Å²) in [5, 5.41) is 16.9. The van der Waals surface area contributed by atoms with E-state index in [1.807, 2.05) is 17.9 Å². The van der Waals surface area contributed by atoms with Gasteiger partial charge in [-0.2, -0.15) is 5.10 Å². The molecule has 0 bridgehead atoms. The third-order valence-corrected chi connectivity index (χ3v) is 2.65. The second-order valence-electron chi connectivity index (χ2n) is 4.58. The summed E-state index contributed by atoms with van der Waals surface area (Å²) in [6, 6.07) is -0.0276. The van der Waals surface area contributed by atoms with Crippen molar-refractivity contribution in [3.8, 4) is 0 Å². The number of nitrogens with one attached hydrogen (secondary N) is 1. The summed E-state index contributed by atoms with van der Waals surface area (Å²) < 4.78 is 6.85. The number of rotatable bonds is 7. The van der Waals surface area contributed by atoms with E-state index in [1.54, 1.807) is 7.11 Å². The number of aliphatic hydroxyl groups excluding tert-OH is 1. The fourth-order valence-corrected chi connectivity index (χ4v) is 1.81. The molecule has 17 heavy (non-hydrogen) atoms. The van der Waals surface area contributed by atoms with E-state index in [-0.39, 0.29) is 12.6 Å². The van der Waals surface area contributed by atoms with Gasteiger partial charge in [-0.1, -0.05) is 13.8 Å². The number of hydrogen-bond donors (Lipinski definition) is 2. The van der Waals surface area contributed by atoms with Gasteiger partial charge in [0.15, 0.2) is 0 Å². The van der Waals surface area contributed by atoms with E-state index in [1.165, 1.54) is 5.56 Å². The van der Waals surface area contributed by atoms with Gasteiger partial charge >= 0.3 is 0 Å². The van der Waals surface area contributed by atoms with Gasteiger partial charge in [0.1, 0.15) is 0 Å². The first-order chi connectivity index (χ1) is 8.08. The first kappa shape index (κ1) is 14.2. The molecule has 0 aromatic carbocycles. The summed E-state index contributed by atoms with van der Waals surface area (Å²) in [5.41, 5.74) is 2.28. The highest BCUT2D eigenvalue weighted by Crippen LogP contribution is 2.16. The van der Waals surface area contributed by atoms with Crippen molar-refractivity contribution in [2.45, 2.75) is 32.4 Å². The molecule has 5 nitrogen and oxygen atoms in total. The predicted molar refractivity (Wildman–Crippen MR) is 66.9 cm³/mol. The Kier molecular flexibility index (Phi) is 5.61. The van der Waals surface area contributed by atoms with E-state index in [4.69, 9.17) is 9.84 Å². The summed E-state index contributed by atoms with van der Waals surface area (Å²) in [6.45, 7) is 5.55. The van der Waals surface area contributed by atoms with Gasteiger partial charge in [0, 0.05) is 32.5 Å². The molecule has 5 heteroatoms. The third kappa shape index (κ3) is 4.11. The summed E-state index contributed by atoms with van der Waals surface area (Å²) in [7, 11) is 3.56. The zero-order chi connectivity index (χ0) is 12.8. The van der Waals surface area contributed by atoms with E-state index in [0.717, 1.165) is 5.69 Å². The average Bonchev–Trinajstić information content (AvgIpc) is 2.66. The molecule has 1 aromatic heterocycles. The topological polar surface area (TPSA) is 59.3 Å². The van der Waals surface area contributed by atoms with Crippen LogP contribution in [0.5, 0.6) is 0 Å². The lowest BCUT2D eigenvalue weighted by atomic mass is 10.1. The van der Waals surface area contributed by atoms with Crippen LogP contribution in [0.3, 0.4) is 0 Å². The maximum Gasteiger partial charge on any atom is 0.0694 e. The van der Waals surface area contributed by atoms with Crippen molar-refractivity contribution in [2.24, 2.45) is 7.05 Å². The molecule has 0 saturated carbocycles. The molecule has 0 saturated heterocycles. The molecule has 1 aromatic rings. The summed E-state index contributed by atoms with van der Waals surface area (Å²) in [5.74, 6) is 0.406. The van der Waals surface area contributed by atoms with Gasteiger partial charge in [0.05, 0.1) is 24.9 Å². The highest BCUT2D eigenvalue weighted by Gasteiger charge is 2.13. The van der Waals surface area contributed by atoms with Crippen molar-refractivity contribution in [2.75, 3.05) is 20.3 Å². The molecule has 0 aliphatic rings. The van der Waals surface area contributed by atoms with Crippen molar-refractivity contribution < 1.29 is 9.84 Å². The molecule has 1 heterocycles. The molecule has 0 aliphatic heterocycles. The molecular formula is C12H23N3O2. The van der Waals surface area contributed by atoms with Crippen LogP contribution in [-0.4, -0.2) is 41.3 Å². The number of hydrogen-bond acceptors (Lipinski definition) is 4. The van der Waals surface area contributed by atoms with Crippen molar-refractivity contribution >= 4 is 0 Å². The smallest absolute Gasteiger partial charge is 0.0694 e. The molecule has 0 spiro atoms. The van der Waals surface area contributed by atoms with Crippen molar-refractivity contribution in [3.63, 3.8) is 0 Å². The van der Waals surface area contributed by atoms with Crippen LogP contribution >= 0.6 is 0 Å². The van der Waals surface area contributed by atoms with Crippen LogP contribution in [-0.2, 0) is 18.3 Å². The molecule has 0 amide bonds. The van der Waals surface area contributed by atoms with Gasteiger partial charge in [-0.25, -0.2) is 0 Å². The van der Waals surface area contributed by atoms with Crippen LogP contribution in [0.25, 0.3) is 0 Å². The lowest BCUT2D eigenvalue weighted by molar-refractivity contribution is 0.128. The van der Waals surface area contributed by atoms with Crippen molar-refractivity contribution in [1.82, 2.24) is 15.1 Å². The Hall–Kier alpha value is -0.910. The first-order valence-electron chi connectivity index (χ1n) is 5.94. The maximum absolute atomic E-state index is 9.16.